The Bertz CT molecular complexity index is 4710. The molecule has 0 saturated carbocycles. The van der Waals surface area contributed by atoms with Crippen LogP contribution in [0.25, 0.3) is 0 Å². The summed E-state index contributed by atoms with van der Waals surface area (Å²) in [4.78, 5) is 0. The summed E-state index contributed by atoms with van der Waals surface area (Å²) < 4.78 is 143. The molecule has 0 spiro atoms. The van der Waals surface area contributed by atoms with Crippen molar-refractivity contribution in [2.45, 2.75) is 194 Å². The Labute approximate surface area is 621 Å². The van der Waals surface area contributed by atoms with Gasteiger partial charge in [0.25, 0.3) is 68.3 Å². The van der Waals surface area contributed by atoms with E-state index in [1.165, 1.54) is 77.1 Å². The van der Waals surface area contributed by atoms with Crippen LogP contribution in [0, 0.1) is 96.8 Å². The van der Waals surface area contributed by atoms with E-state index in [4.69, 9.17) is 23.7 Å². The highest BCUT2D eigenvalue weighted by atomic mass is 19.4. The third-order valence-electron chi connectivity index (χ3n) is 18.5. The molecule has 0 aromatic heterocycles. The minimum absolute atomic E-state index is 0.0725. The first kappa shape index (κ1) is 80.6. The van der Waals surface area contributed by atoms with Crippen LogP contribution >= 0.6 is 0 Å². The predicted molar refractivity (Wildman–Crippen MR) is 409 cm³/mol. The molecule has 8 aromatic rings. The highest BCUT2D eigenvalue weighted by Crippen LogP contribution is 2.48. The number of halogens is 8. The normalized spacial score (nSPS) is 16.2. The average molecular weight is 1460 g/mol. The lowest BCUT2D eigenvalue weighted by Gasteiger charge is -2.25. The summed E-state index contributed by atoms with van der Waals surface area (Å²) in [5.74, 6) is -5.74. The first-order valence-corrected chi connectivity index (χ1v) is 35.7. The Kier molecular flexibility index (Phi) is 23.4. The molecule has 5 aliphatic rings. The number of hydrogen-bond acceptors (Lipinski definition) is 5. The number of alkyl halides is 3. The molecule has 562 valence electrons. The van der Waals surface area contributed by atoms with E-state index in [0.29, 0.717) is 43.1 Å². The van der Waals surface area contributed by atoms with Gasteiger partial charge in [-0.05, 0) is 152 Å². The molecule has 0 radical (unpaired) electrons. The second kappa shape index (κ2) is 30.8. The monoisotopic (exact) mass is 1460 g/mol. The lowest BCUT2D eigenvalue weighted by atomic mass is 9.79. The maximum atomic E-state index is 13.8. The molecule has 106 heavy (non-hydrogen) atoms. The molecule has 0 unspecified atom stereocenters. The standard InChI is InChI=1S/C20H32NO.C19H22NO.C17H23F3NO.C16H11F5NO.C16H16NO/c1-18(2,3)12-21-13-22-17-15(20(7,8)9)10-14(11-16(17)21)19(4,5)6;1-12-6-14(3)17(15(4)7-12)10-20-11-21-19-16(5)8-13(2)9-18(19)20;1-15(2,3)11-7-12(16(4,5)6)14-13(8-11)21(10-22-14)9-17(18,19)20;1-7-3-8(2)16-10(4-7)22(6-23-16)5-9-11(17)13(19)15(21)14(20)12(9)18;1-12-8-13(2)16-15(9-12)17(11-18-16)10-14-6-4-3-5-7-14/h10-12H,13H2,1-9H3;6-10H,11H2,1-5H3;7-9H,10H2,1-6H3;3-5H,6H2,1-2H3;3-10H,11H2,1-2H3/q5*+1/b21-12-;20-10-;21-9-;22-5-;17-10-. The van der Waals surface area contributed by atoms with E-state index in [-0.39, 0.29) is 46.8 Å². The number of aryl methyl sites for hydroxylation is 9. The molecule has 0 atom stereocenters. The molecule has 18 heteroatoms. The molecule has 8 aromatic carbocycles. The van der Waals surface area contributed by atoms with Gasteiger partial charge >= 0.3 is 6.18 Å². The Morgan fingerprint density at radius 2 is 0.613 bits per heavy atom. The van der Waals surface area contributed by atoms with Gasteiger partial charge in [-0.3, -0.25) is 0 Å². The summed E-state index contributed by atoms with van der Waals surface area (Å²) in [6.07, 6.45) is 3.39. The van der Waals surface area contributed by atoms with Crippen molar-refractivity contribution < 1.29 is 81.7 Å². The van der Waals surface area contributed by atoms with Crippen molar-refractivity contribution in [3.05, 3.63) is 221 Å². The fourth-order valence-corrected chi connectivity index (χ4v) is 13.3. The average Bonchev–Trinajstić information content (AvgIpc) is 1.53. The first-order valence-electron chi connectivity index (χ1n) is 35.7. The van der Waals surface area contributed by atoms with Crippen molar-refractivity contribution >= 4 is 59.5 Å². The van der Waals surface area contributed by atoms with Crippen LogP contribution in [0.2, 0.25) is 0 Å². The molecule has 0 N–H and O–H groups in total. The van der Waals surface area contributed by atoms with Gasteiger partial charge in [-0.1, -0.05) is 170 Å². The van der Waals surface area contributed by atoms with Crippen LogP contribution in [0.3, 0.4) is 0 Å². The Balaban J connectivity index is 0.000000154. The minimum Gasteiger partial charge on any atom is -0.429 e. The second-order valence-corrected chi connectivity index (χ2v) is 33.5. The molecule has 0 aliphatic carbocycles. The smallest absolute Gasteiger partial charge is 0.429 e. The molecule has 0 amide bonds. The topological polar surface area (TPSA) is 61.2 Å². The highest BCUT2D eigenvalue weighted by molar-refractivity contribution is 5.82. The van der Waals surface area contributed by atoms with Crippen LogP contribution in [-0.4, -0.2) is 93.8 Å². The molecule has 10 nitrogen and oxygen atoms in total. The first-order chi connectivity index (χ1) is 49.1. The van der Waals surface area contributed by atoms with Crippen LogP contribution in [0.5, 0.6) is 28.7 Å². The van der Waals surface area contributed by atoms with E-state index in [0.717, 1.165) is 56.0 Å². The van der Waals surface area contributed by atoms with E-state index in [1.807, 2.05) is 52.0 Å². The van der Waals surface area contributed by atoms with Crippen molar-refractivity contribution in [1.82, 2.24) is 0 Å². The molecular formula is C88H104F8N5O5+5. The van der Waals surface area contributed by atoms with Gasteiger partial charge in [0.1, 0.15) is 5.56 Å². The van der Waals surface area contributed by atoms with Crippen LogP contribution in [0.4, 0.5) is 63.6 Å². The lowest BCUT2D eigenvalue weighted by Crippen LogP contribution is -2.19. The molecule has 0 bridgehead atoms. The fourth-order valence-electron chi connectivity index (χ4n) is 13.3. The van der Waals surface area contributed by atoms with Gasteiger partial charge in [-0.2, -0.15) is 36.0 Å². The van der Waals surface area contributed by atoms with Crippen LogP contribution in [-0.2, 0) is 21.7 Å². The van der Waals surface area contributed by atoms with E-state index in [1.54, 1.807) is 19.1 Å². The maximum Gasteiger partial charge on any atom is 0.469 e. The number of ether oxygens (including phenoxy) is 5. The number of fused-ring (bicyclic) bond motifs is 5. The number of hydrogen-bond donors (Lipinski definition) is 0. The summed E-state index contributed by atoms with van der Waals surface area (Å²) in [7, 11) is 0. The van der Waals surface area contributed by atoms with Crippen molar-refractivity contribution in [3.63, 3.8) is 0 Å². The van der Waals surface area contributed by atoms with Gasteiger partial charge in [0, 0.05) is 58.0 Å². The van der Waals surface area contributed by atoms with Crippen molar-refractivity contribution in [1.29, 1.82) is 0 Å². The quantitative estimate of drug-likeness (QED) is 0.0763. The van der Waals surface area contributed by atoms with Gasteiger partial charge in [0.2, 0.25) is 34.6 Å². The van der Waals surface area contributed by atoms with Gasteiger partial charge in [-0.25, -0.2) is 22.0 Å². The van der Waals surface area contributed by atoms with Crippen LogP contribution in [0.1, 0.15) is 193 Å². The third kappa shape index (κ3) is 18.8. The zero-order valence-electron chi connectivity index (χ0n) is 66.0. The summed E-state index contributed by atoms with van der Waals surface area (Å²) in [6, 6.07) is 35.6. The number of benzene rings is 8. The summed E-state index contributed by atoms with van der Waals surface area (Å²) in [6.45, 7) is 52.7. The van der Waals surface area contributed by atoms with Gasteiger partial charge in [-0.15, -0.1) is 0 Å². The zero-order chi connectivity index (χ0) is 78.4. The van der Waals surface area contributed by atoms with Crippen LogP contribution < -0.4 is 23.7 Å². The fraction of sp³-hybridized carbons (Fsp3) is 0.398. The molecular weight excluding hydrogens is 1360 g/mol. The summed E-state index contributed by atoms with van der Waals surface area (Å²) >= 11 is 0. The molecule has 0 fully saturated rings. The maximum absolute atomic E-state index is 13.8. The highest BCUT2D eigenvalue weighted by Gasteiger charge is 2.41. The molecule has 5 aliphatic heterocycles. The summed E-state index contributed by atoms with van der Waals surface area (Å²) in [5, 5.41) is 0. The van der Waals surface area contributed by atoms with E-state index < -0.39 is 40.8 Å². The molecule has 13 rings (SSSR count). The molecule has 5 heterocycles. The Morgan fingerprint density at radius 1 is 0.311 bits per heavy atom. The number of nitrogens with zero attached hydrogens (tertiary/aromatic N) is 5. The second-order valence-electron chi connectivity index (χ2n) is 33.5. The predicted octanol–water partition coefficient (Wildman–Crippen LogP) is 22.2. The number of rotatable bonds is 3. The minimum atomic E-state index is -4.37. The van der Waals surface area contributed by atoms with Crippen molar-refractivity contribution in [2.75, 3.05) is 33.7 Å². The largest absolute Gasteiger partial charge is 0.469 e. The Morgan fingerprint density at radius 3 is 0.962 bits per heavy atom. The van der Waals surface area contributed by atoms with E-state index in [9.17, 15) is 35.1 Å². The molecule has 0 saturated heterocycles. The van der Waals surface area contributed by atoms with Gasteiger partial charge in [0.15, 0.2) is 48.1 Å². The SMILES string of the molecule is CC(C)(C)/C=[N+]1/COc2c1cc(C(C)(C)C)cc2C(C)(C)C.CC(C)(C)c1cc2c(c(C(C)(C)C)c1)OC/[N+]2=C/C(F)(F)F.Cc1cc(C)c(/C=[N+]2/COc3c(C)cc(C)cc32)c(C)c1.Cc1cc(C)c2c(c1)/[N+](=C\c1c(F)c(F)c(F)c(F)c1F)CO2.Cc1cc(C)c2c(c1)/[N+](=C\c1ccccc1)CO2. The van der Waals surface area contributed by atoms with Crippen LogP contribution in [0.15, 0.2) is 103 Å². The lowest BCUT2D eigenvalue weighted by molar-refractivity contribution is -0.460. The van der Waals surface area contributed by atoms with Crippen molar-refractivity contribution in [2.24, 2.45) is 5.41 Å². The van der Waals surface area contributed by atoms with E-state index >= 15 is 0 Å². The third-order valence-corrected chi connectivity index (χ3v) is 18.5. The van der Waals surface area contributed by atoms with E-state index in [2.05, 4.69) is 231 Å². The van der Waals surface area contributed by atoms with Gasteiger partial charge < -0.3 is 23.7 Å². The summed E-state index contributed by atoms with van der Waals surface area (Å²) in [5.41, 5.74) is 21.2. The zero-order valence-corrected chi connectivity index (χ0v) is 66.0. The van der Waals surface area contributed by atoms with Gasteiger partial charge in [0.05, 0.1) is 0 Å². The van der Waals surface area contributed by atoms with Crippen molar-refractivity contribution in [3.8, 4) is 28.7 Å². The Hall–Kier alpha value is -9.45.